The molecule has 32 heavy (non-hydrogen) atoms. The number of rotatable bonds is 7. The molecule has 0 saturated heterocycles. The highest BCUT2D eigenvalue weighted by molar-refractivity contribution is 7.99. The molecule has 164 valence electrons. The Morgan fingerprint density at radius 1 is 1.16 bits per heavy atom. The molecule has 2 N–H and O–H groups in total. The van der Waals surface area contributed by atoms with Crippen LogP contribution in [0.25, 0.3) is 21.3 Å². The molecule has 2 aromatic carbocycles. The first-order valence-corrected chi connectivity index (χ1v) is 11.5. The van der Waals surface area contributed by atoms with Crippen LogP contribution in [0.1, 0.15) is 4.88 Å². The lowest BCUT2D eigenvalue weighted by molar-refractivity contribution is -0.113. The molecule has 0 aliphatic heterocycles. The van der Waals surface area contributed by atoms with Gasteiger partial charge in [-0.1, -0.05) is 42.1 Å². The third kappa shape index (κ3) is 4.49. The lowest BCUT2D eigenvalue weighted by Crippen LogP contribution is -2.16. The van der Waals surface area contributed by atoms with E-state index >= 15 is 0 Å². The van der Waals surface area contributed by atoms with Crippen LogP contribution in [0.4, 0.5) is 5.69 Å². The van der Waals surface area contributed by atoms with Gasteiger partial charge in [0.2, 0.25) is 5.91 Å². The number of nitrogens with one attached hydrogen (secondary N) is 2. The van der Waals surface area contributed by atoms with Crippen molar-refractivity contribution in [2.75, 3.05) is 25.3 Å². The monoisotopic (exact) mass is 467 g/mol. The number of methoxy groups -OCH3 is 2. The first-order chi connectivity index (χ1) is 15.5. The number of carbonyl (C=O) groups excluding carboxylic acids is 1. The summed E-state index contributed by atoms with van der Waals surface area (Å²) in [6.45, 7) is 1.98. The largest absolute Gasteiger partial charge is 0.497 e. The number of ether oxygens (including phenoxy) is 2. The van der Waals surface area contributed by atoms with E-state index in [2.05, 4.69) is 15.3 Å². The number of thioether (sulfide) groups is 1. The molecule has 9 heteroatoms. The standard InChI is InChI=1S/C23H21N3O4S2/c1-13-19(14-7-5-4-6-8-14)20-21(28)25-23(26-22(20)32-13)31-12-18(27)24-16-11-15(29-2)9-10-17(16)30-3/h4-11H,12H2,1-3H3,(H,24,27)(H,25,26,28). The van der Waals surface area contributed by atoms with Gasteiger partial charge < -0.3 is 19.8 Å². The number of aromatic nitrogens is 2. The van der Waals surface area contributed by atoms with E-state index in [0.717, 1.165) is 16.0 Å². The molecule has 0 spiro atoms. The van der Waals surface area contributed by atoms with Gasteiger partial charge >= 0.3 is 0 Å². The van der Waals surface area contributed by atoms with E-state index in [1.54, 1.807) is 25.3 Å². The fourth-order valence-corrected chi connectivity index (χ4v) is 5.12. The summed E-state index contributed by atoms with van der Waals surface area (Å²) in [7, 11) is 3.08. The minimum absolute atomic E-state index is 0.0741. The van der Waals surface area contributed by atoms with Gasteiger partial charge in [-0.15, -0.1) is 11.3 Å². The van der Waals surface area contributed by atoms with Gasteiger partial charge in [-0.3, -0.25) is 9.59 Å². The maximum atomic E-state index is 12.9. The van der Waals surface area contributed by atoms with E-state index in [-0.39, 0.29) is 17.2 Å². The molecule has 2 heterocycles. The second kappa shape index (κ2) is 9.46. The summed E-state index contributed by atoms with van der Waals surface area (Å²) < 4.78 is 10.5. The third-order valence-corrected chi connectivity index (χ3v) is 6.67. The summed E-state index contributed by atoms with van der Waals surface area (Å²) in [6.07, 6.45) is 0. The van der Waals surface area contributed by atoms with Crippen molar-refractivity contribution < 1.29 is 14.3 Å². The number of hydrogen-bond donors (Lipinski definition) is 2. The summed E-state index contributed by atoms with van der Waals surface area (Å²) in [5.41, 5.74) is 2.18. The lowest BCUT2D eigenvalue weighted by atomic mass is 10.0. The molecule has 4 rings (SSSR count). The first kappa shape index (κ1) is 21.9. The van der Waals surface area contributed by atoms with Crippen molar-refractivity contribution in [2.45, 2.75) is 12.1 Å². The van der Waals surface area contributed by atoms with E-state index in [1.807, 2.05) is 37.3 Å². The van der Waals surface area contributed by atoms with Crippen molar-refractivity contribution in [3.8, 4) is 22.6 Å². The molecule has 0 radical (unpaired) electrons. The molecule has 0 aliphatic carbocycles. The van der Waals surface area contributed by atoms with Gasteiger partial charge in [0.1, 0.15) is 16.3 Å². The highest BCUT2D eigenvalue weighted by Gasteiger charge is 2.17. The number of fused-ring (bicyclic) bond motifs is 1. The maximum absolute atomic E-state index is 12.9. The number of nitrogens with zero attached hydrogens (tertiary/aromatic N) is 1. The molecule has 2 aromatic heterocycles. The summed E-state index contributed by atoms with van der Waals surface area (Å²) in [5, 5.41) is 3.79. The van der Waals surface area contributed by atoms with Crippen LogP contribution in [0.15, 0.2) is 58.5 Å². The van der Waals surface area contributed by atoms with E-state index in [1.165, 1.54) is 30.2 Å². The van der Waals surface area contributed by atoms with E-state index in [4.69, 9.17) is 9.47 Å². The fraction of sp³-hybridized carbons (Fsp3) is 0.174. The molecular weight excluding hydrogens is 446 g/mol. The molecule has 1 amide bonds. The molecule has 0 aliphatic rings. The average molecular weight is 468 g/mol. The van der Waals surface area contributed by atoms with Gasteiger partial charge in [0, 0.05) is 16.5 Å². The Labute approximate surface area is 192 Å². The number of benzene rings is 2. The predicted molar refractivity (Wildman–Crippen MR) is 129 cm³/mol. The SMILES string of the molecule is COc1ccc(OC)c(NC(=O)CSc2nc3sc(C)c(-c4ccccc4)c3c(=O)[nH]2)c1. The lowest BCUT2D eigenvalue weighted by Gasteiger charge is -2.11. The molecular formula is C23H21N3O4S2. The average Bonchev–Trinajstić information content (AvgIpc) is 3.14. The van der Waals surface area contributed by atoms with Gasteiger partial charge in [0.05, 0.1) is 31.0 Å². The van der Waals surface area contributed by atoms with Gasteiger partial charge in [0.15, 0.2) is 5.16 Å². The number of H-pyrrole nitrogens is 1. The molecule has 0 saturated carbocycles. The second-order valence-electron chi connectivity index (χ2n) is 6.85. The number of aryl methyl sites for hydroxylation is 1. The molecule has 4 aromatic rings. The van der Waals surface area contributed by atoms with Crippen LogP contribution in [0.2, 0.25) is 0 Å². The van der Waals surface area contributed by atoms with E-state index in [0.29, 0.717) is 32.6 Å². The van der Waals surface area contributed by atoms with Crippen molar-refractivity contribution in [3.63, 3.8) is 0 Å². The molecule has 0 atom stereocenters. The molecule has 0 fully saturated rings. The third-order valence-electron chi connectivity index (χ3n) is 4.80. The van der Waals surface area contributed by atoms with Gasteiger partial charge in [-0.05, 0) is 24.6 Å². The quantitative estimate of drug-likeness (QED) is 0.302. The van der Waals surface area contributed by atoms with Crippen LogP contribution in [0, 0.1) is 6.92 Å². The zero-order valence-electron chi connectivity index (χ0n) is 17.7. The molecule has 0 unspecified atom stereocenters. The van der Waals surface area contributed by atoms with E-state index in [9.17, 15) is 9.59 Å². The Bertz CT molecular complexity index is 1330. The Hall–Kier alpha value is -3.30. The topological polar surface area (TPSA) is 93.3 Å². The number of anilines is 1. The summed E-state index contributed by atoms with van der Waals surface area (Å²) >= 11 is 2.64. The van der Waals surface area contributed by atoms with Crippen LogP contribution in [0.3, 0.4) is 0 Å². The van der Waals surface area contributed by atoms with Gasteiger partial charge in [-0.2, -0.15) is 0 Å². The number of thiophene rings is 1. The van der Waals surface area contributed by atoms with Crippen LogP contribution in [-0.2, 0) is 4.79 Å². The van der Waals surface area contributed by atoms with E-state index < -0.39 is 0 Å². The summed E-state index contributed by atoms with van der Waals surface area (Å²) in [5.74, 6) is 0.953. The Morgan fingerprint density at radius 2 is 1.94 bits per heavy atom. The van der Waals surface area contributed by atoms with Gasteiger partial charge in [0.25, 0.3) is 5.56 Å². The highest BCUT2D eigenvalue weighted by atomic mass is 32.2. The Kier molecular flexibility index (Phi) is 6.48. The minimum atomic E-state index is -0.253. The van der Waals surface area contributed by atoms with Crippen LogP contribution < -0.4 is 20.3 Å². The second-order valence-corrected chi connectivity index (χ2v) is 9.02. The van der Waals surface area contributed by atoms with Crippen molar-refractivity contribution in [1.82, 2.24) is 9.97 Å². The van der Waals surface area contributed by atoms with Crippen molar-refractivity contribution in [1.29, 1.82) is 0 Å². The minimum Gasteiger partial charge on any atom is -0.497 e. The number of carbonyl (C=O) groups is 1. The van der Waals surface area contributed by atoms with Gasteiger partial charge in [-0.25, -0.2) is 4.98 Å². The van der Waals surface area contributed by atoms with Crippen LogP contribution in [0.5, 0.6) is 11.5 Å². The van der Waals surface area contributed by atoms with Crippen molar-refractivity contribution >= 4 is 44.9 Å². The Morgan fingerprint density at radius 3 is 2.66 bits per heavy atom. The zero-order valence-corrected chi connectivity index (χ0v) is 19.4. The first-order valence-electron chi connectivity index (χ1n) is 9.73. The van der Waals surface area contributed by atoms with Crippen LogP contribution in [-0.4, -0.2) is 35.8 Å². The van der Waals surface area contributed by atoms with Crippen molar-refractivity contribution in [2.24, 2.45) is 0 Å². The molecule has 0 bridgehead atoms. The summed E-state index contributed by atoms with van der Waals surface area (Å²) in [6, 6.07) is 14.9. The predicted octanol–water partition coefficient (Wildman–Crippen LogP) is 4.71. The smallest absolute Gasteiger partial charge is 0.260 e. The highest BCUT2D eigenvalue weighted by Crippen LogP contribution is 2.36. The number of aromatic amines is 1. The number of amides is 1. The van der Waals surface area contributed by atoms with Crippen molar-refractivity contribution in [3.05, 3.63) is 63.8 Å². The Balaban J connectivity index is 1.53. The fourth-order valence-electron chi connectivity index (χ4n) is 3.35. The normalized spacial score (nSPS) is 10.8. The zero-order chi connectivity index (χ0) is 22.7. The summed E-state index contributed by atoms with van der Waals surface area (Å²) in [4.78, 5) is 34.4. The maximum Gasteiger partial charge on any atom is 0.260 e. The van der Waals surface area contributed by atoms with Crippen LogP contribution >= 0.6 is 23.1 Å². The number of hydrogen-bond acceptors (Lipinski definition) is 7. The molecule has 7 nitrogen and oxygen atoms in total.